The normalized spacial score (nSPS) is 12.6. The molecular weight excluding hydrogens is 219 g/mol. The van der Waals surface area contributed by atoms with Crippen LogP contribution in [0.25, 0.3) is 0 Å². The molecule has 0 fully saturated rings. The van der Waals surface area contributed by atoms with E-state index in [1.807, 2.05) is 12.1 Å². The van der Waals surface area contributed by atoms with Gasteiger partial charge in [-0.25, -0.2) is 0 Å². The van der Waals surface area contributed by atoms with Gasteiger partial charge in [0.15, 0.2) is 0 Å². The van der Waals surface area contributed by atoms with Crippen molar-refractivity contribution >= 4 is 23.2 Å². The average Bonchev–Trinajstić information content (AvgIpc) is 2.18. The number of halogens is 2. The molecule has 0 aliphatic rings. The van der Waals surface area contributed by atoms with Gasteiger partial charge in [0.25, 0.3) is 0 Å². The molecule has 14 heavy (non-hydrogen) atoms. The largest absolute Gasteiger partial charge is 0.496 e. The van der Waals surface area contributed by atoms with Crippen LogP contribution in [-0.2, 0) is 0 Å². The first kappa shape index (κ1) is 11.7. The van der Waals surface area contributed by atoms with Gasteiger partial charge >= 0.3 is 0 Å². The highest BCUT2D eigenvalue weighted by atomic mass is 35.5. The molecule has 3 heteroatoms. The molecule has 0 aromatic heterocycles. The van der Waals surface area contributed by atoms with Crippen LogP contribution in [0.1, 0.15) is 30.7 Å². The summed E-state index contributed by atoms with van der Waals surface area (Å²) in [6.07, 6.45) is 1.97. The molecule has 1 atom stereocenters. The zero-order valence-electron chi connectivity index (χ0n) is 8.39. The molecule has 0 saturated carbocycles. The second kappa shape index (κ2) is 5.47. The summed E-state index contributed by atoms with van der Waals surface area (Å²) < 4.78 is 5.22. The molecule has 1 unspecified atom stereocenters. The second-order valence-electron chi connectivity index (χ2n) is 3.14. The van der Waals surface area contributed by atoms with E-state index in [4.69, 9.17) is 27.9 Å². The average molecular weight is 233 g/mol. The van der Waals surface area contributed by atoms with Gasteiger partial charge in [-0.2, -0.15) is 0 Å². The van der Waals surface area contributed by atoms with Crippen molar-refractivity contribution in [3.05, 3.63) is 28.8 Å². The van der Waals surface area contributed by atoms with Crippen LogP contribution in [0, 0.1) is 0 Å². The lowest BCUT2D eigenvalue weighted by atomic mass is 10.1. The Bertz CT molecular complexity index is 299. The molecule has 78 valence electrons. The number of hydrogen-bond donors (Lipinski definition) is 0. The van der Waals surface area contributed by atoms with Crippen molar-refractivity contribution in [2.75, 3.05) is 7.11 Å². The summed E-state index contributed by atoms with van der Waals surface area (Å²) in [5.74, 6) is 0.808. The molecule has 0 N–H and O–H groups in total. The summed E-state index contributed by atoms with van der Waals surface area (Å²) in [7, 11) is 1.64. The number of benzene rings is 1. The molecule has 1 aromatic rings. The standard InChI is InChI=1S/C11H14Cl2O/c1-3-4-10(13)9-7-8(12)5-6-11(9)14-2/h5-7,10H,3-4H2,1-2H3. The van der Waals surface area contributed by atoms with Gasteiger partial charge in [0.2, 0.25) is 0 Å². The van der Waals surface area contributed by atoms with Crippen LogP contribution in [0.4, 0.5) is 0 Å². The molecule has 1 rings (SSSR count). The molecule has 0 heterocycles. The summed E-state index contributed by atoms with van der Waals surface area (Å²) >= 11 is 12.1. The Kier molecular flexibility index (Phi) is 4.56. The van der Waals surface area contributed by atoms with E-state index in [0.29, 0.717) is 5.02 Å². The Hall–Kier alpha value is -0.400. The van der Waals surface area contributed by atoms with E-state index >= 15 is 0 Å². The quantitative estimate of drug-likeness (QED) is 0.699. The van der Waals surface area contributed by atoms with E-state index < -0.39 is 0 Å². The summed E-state index contributed by atoms with van der Waals surface area (Å²) in [4.78, 5) is 0. The lowest BCUT2D eigenvalue weighted by Gasteiger charge is -2.13. The number of methoxy groups -OCH3 is 1. The summed E-state index contributed by atoms with van der Waals surface area (Å²) in [5, 5.41) is 0.677. The predicted molar refractivity (Wildman–Crippen MR) is 61.5 cm³/mol. The summed E-state index contributed by atoms with van der Waals surface area (Å²) in [5.41, 5.74) is 0.975. The molecule has 0 aliphatic carbocycles. The molecule has 0 bridgehead atoms. The summed E-state index contributed by atoms with van der Waals surface area (Å²) in [6.45, 7) is 2.10. The fourth-order valence-corrected chi connectivity index (χ4v) is 1.93. The van der Waals surface area contributed by atoms with Crippen LogP contribution in [-0.4, -0.2) is 7.11 Å². The minimum absolute atomic E-state index is 0.0198. The Morgan fingerprint density at radius 2 is 2.14 bits per heavy atom. The van der Waals surface area contributed by atoms with Gasteiger partial charge in [-0.3, -0.25) is 0 Å². The van der Waals surface area contributed by atoms with Gasteiger partial charge in [0, 0.05) is 10.6 Å². The molecule has 1 aromatic carbocycles. The lowest BCUT2D eigenvalue weighted by Crippen LogP contribution is -1.95. The number of hydrogen-bond acceptors (Lipinski definition) is 1. The Morgan fingerprint density at radius 1 is 1.43 bits per heavy atom. The summed E-state index contributed by atoms with van der Waals surface area (Å²) in [6, 6.07) is 5.52. The lowest BCUT2D eigenvalue weighted by molar-refractivity contribution is 0.408. The zero-order chi connectivity index (χ0) is 10.6. The first-order valence-corrected chi connectivity index (χ1v) is 5.48. The van der Waals surface area contributed by atoms with Crippen molar-refractivity contribution in [1.82, 2.24) is 0 Å². The highest BCUT2D eigenvalue weighted by Gasteiger charge is 2.12. The van der Waals surface area contributed by atoms with Crippen LogP contribution in [0.15, 0.2) is 18.2 Å². The SMILES string of the molecule is CCCC(Cl)c1cc(Cl)ccc1OC. The van der Waals surface area contributed by atoms with E-state index in [1.54, 1.807) is 13.2 Å². The van der Waals surface area contributed by atoms with Gasteiger partial charge in [0.1, 0.15) is 5.75 Å². The maximum absolute atomic E-state index is 6.22. The zero-order valence-corrected chi connectivity index (χ0v) is 9.90. The topological polar surface area (TPSA) is 9.23 Å². The molecular formula is C11H14Cl2O. The van der Waals surface area contributed by atoms with E-state index in [1.165, 1.54) is 0 Å². The first-order valence-electron chi connectivity index (χ1n) is 4.66. The Balaban J connectivity index is 2.97. The van der Waals surface area contributed by atoms with Crippen molar-refractivity contribution in [2.24, 2.45) is 0 Å². The third-order valence-electron chi connectivity index (χ3n) is 2.07. The van der Waals surface area contributed by atoms with Gasteiger partial charge < -0.3 is 4.74 Å². The molecule has 1 nitrogen and oxygen atoms in total. The smallest absolute Gasteiger partial charge is 0.123 e. The number of rotatable bonds is 4. The van der Waals surface area contributed by atoms with Gasteiger partial charge in [-0.1, -0.05) is 24.9 Å². The minimum Gasteiger partial charge on any atom is -0.496 e. The Labute approximate surface area is 95.0 Å². The molecule has 0 amide bonds. The molecule has 0 aliphatic heterocycles. The van der Waals surface area contributed by atoms with Crippen LogP contribution < -0.4 is 4.74 Å². The highest BCUT2D eigenvalue weighted by Crippen LogP contribution is 2.34. The molecule has 0 saturated heterocycles. The van der Waals surface area contributed by atoms with Gasteiger partial charge in [0.05, 0.1) is 12.5 Å². The molecule has 0 radical (unpaired) electrons. The van der Waals surface area contributed by atoms with Crippen LogP contribution in [0.5, 0.6) is 5.75 Å². The number of alkyl halides is 1. The second-order valence-corrected chi connectivity index (χ2v) is 4.11. The van der Waals surface area contributed by atoms with Crippen LogP contribution in [0.3, 0.4) is 0 Å². The Morgan fingerprint density at radius 3 is 2.71 bits per heavy atom. The van der Waals surface area contributed by atoms with E-state index in [0.717, 1.165) is 24.2 Å². The fraction of sp³-hybridized carbons (Fsp3) is 0.455. The molecule has 0 spiro atoms. The monoisotopic (exact) mass is 232 g/mol. The maximum atomic E-state index is 6.22. The van der Waals surface area contributed by atoms with E-state index in [2.05, 4.69) is 6.92 Å². The highest BCUT2D eigenvalue weighted by molar-refractivity contribution is 6.30. The number of ether oxygens (including phenoxy) is 1. The van der Waals surface area contributed by atoms with Crippen molar-refractivity contribution < 1.29 is 4.74 Å². The van der Waals surface area contributed by atoms with Crippen LogP contribution >= 0.6 is 23.2 Å². The predicted octanol–water partition coefficient (Wildman–Crippen LogP) is 4.43. The van der Waals surface area contributed by atoms with Crippen molar-refractivity contribution in [3.63, 3.8) is 0 Å². The van der Waals surface area contributed by atoms with Crippen LogP contribution in [0.2, 0.25) is 5.02 Å². The van der Waals surface area contributed by atoms with Gasteiger partial charge in [-0.05, 0) is 24.6 Å². The minimum atomic E-state index is -0.0198. The fourth-order valence-electron chi connectivity index (χ4n) is 1.36. The van der Waals surface area contributed by atoms with Crippen molar-refractivity contribution in [1.29, 1.82) is 0 Å². The first-order chi connectivity index (χ1) is 6.69. The van der Waals surface area contributed by atoms with E-state index in [9.17, 15) is 0 Å². The third kappa shape index (κ3) is 2.79. The third-order valence-corrected chi connectivity index (χ3v) is 2.76. The van der Waals surface area contributed by atoms with Crippen molar-refractivity contribution in [2.45, 2.75) is 25.1 Å². The van der Waals surface area contributed by atoms with Gasteiger partial charge in [-0.15, -0.1) is 11.6 Å². The van der Waals surface area contributed by atoms with E-state index in [-0.39, 0.29) is 5.38 Å². The maximum Gasteiger partial charge on any atom is 0.123 e. The van der Waals surface area contributed by atoms with Crippen molar-refractivity contribution in [3.8, 4) is 5.75 Å².